The number of benzene rings is 1. The quantitative estimate of drug-likeness (QED) is 0.447. The maximum absolute atomic E-state index is 6.02. The minimum atomic E-state index is 0. The predicted molar refractivity (Wildman–Crippen MR) is 101 cm³/mol. The molecule has 3 N–H and O–H groups in total. The Morgan fingerprint density at radius 1 is 1.48 bits per heavy atom. The molecule has 0 saturated heterocycles. The Bertz CT molecular complexity index is 670. The highest BCUT2D eigenvalue weighted by atomic mass is 127. The number of aryl methyl sites for hydroxylation is 1. The zero-order chi connectivity index (χ0) is 15.4. The minimum absolute atomic E-state index is 0. The van der Waals surface area contributed by atoms with Crippen molar-refractivity contribution < 1.29 is 4.74 Å². The molecule has 1 aliphatic heterocycles. The summed E-state index contributed by atoms with van der Waals surface area (Å²) in [6.07, 6.45) is 4.69. The highest BCUT2D eigenvalue weighted by Gasteiger charge is 2.21. The summed E-state index contributed by atoms with van der Waals surface area (Å²) in [5.41, 5.74) is 8.20. The average Bonchev–Trinajstić information content (AvgIpc) is 3.01. The van der Waals surface area contributed by atoms with Crippen LogP contribution in [0.2, 0.25) is 0 Å². The van der Waals surface area contributed by atoms with E-state index < -0.39 is 0 Å². The van der Waals surface area contributed by atoms with Crippen LogP contribution in [0.15, 0.2) is 41.7 Å². The summed E-state index contributed by atoms with van der Waals surface area (Å²) >= 11 is 0. The van der Waals surface area contributed by atoms with Crippen LogP contribution in [-0.4, -0.2) is 22.3 Å². The van der Waals surface area contributed by atoms with Crippen molar-refractivity contribution in [2.24, 2.45) is 10.7 Å². The van der Waals surface area contributed by atoms with Gasteiger partial charge >= 0.3 is 0 Å². The van der Waals surface area contributed by atoms with Crippen LogP contribution in [0.5, 0.6) is 5.75 Å². The molecule has 3 rings (SSSR count). The third kappa shape index (κ3) is 4.37. The average molecular weight is 427 g/mol. The molecule has 124 valence electrons. The Hall–Kier alpha value is -1.77. The fourth-order valence-electron chi connectivity index (χ4n) is 2.55. The number of fused-ring (bicyclic) bond motifs is 1. The number of nitrogens with two attached hydrogens (primary N) is 1. The van der Waals surface area contributed by atoms with Gasteiger partial charge in [-0.3, -0.25) is 4.68 Å². The molecule has 0 aliphatic carbocycles. The first-order chi connectivity index (χ1) is 10.8. The van der Waals surface area contributed by atoms with Gasteiger partial charge in [-0.15, -0.1) is 24.0 Å². The third-order valence-corrected chi connectivity index (χ3v) is 3.72. The lowest BCUT2D eigenvalue weighted by atomic mass is 10.0. The number of para-hydroxylation sites is 1. The number of nitrogens with zero attached hydrogens (tertiary/aromatic N) is 3. The van der Waals surface area contributed by atoms with Crippen molar-refractivity contribution in [1.29, 1.82) is 0 Å². The van der Waals surface area contributed by atoms with E-state index in [0.717, 1.165) is 29.8 Å². The van der Waals surface area contributed by atoms with Crippen molar-refractivity contribution in [1.82, 2.24) is 15.1 Å². The van der Waals surface area contributed by atoms with Crippen molar-refractivity contribution >= 4 is 29.9 Å². The van der Waals surface area contributed by atoms with E-state index in [2.05, 4.69) is 28.4 Å². The van der Waals surface area contributed by atoms with Gasteiger partial charge in [-0.2, -0.15) is 5.10 Å². The van der Waals surface area contributed by atoms with Crippen molar-refractivity contribution in [3.63, 3.8) is 0 Å². The first-order valence-electron chi connectivity index (χ1n) is 7.55. The smallest absolute Gasteiger partial charge is 0.189 e. The summed E-state index contributed by atoms with van der Waals surface area (Å²) in [6.45, 7) is 4.13. The van der Waals surface area contributed by atoms with Crippen LogP contribution < -0.4 is 15.8 Å². The largest absolute Gasteiger partial charge is 0.493 e. The molecule has 7 heteroatoms. The Morgan fingerprint density at radius 2 is 2.30 bits per heavy atom. The normalized spacial score (nSPS) is 16.9. The van der Waals surface area contributed by atoms with E-state index in [1.807, 2.05) is 35.3 Å². The molecule has 1 aromatic heterocycles. The van der Waals surface area contributed by atoms with Gasteiger partial charge in [0.05, 0.1) is 25.4 Å². The minimum Gasteiger partial charge on any atom is -0.493 e. The SMILES string of the molecule is CCn1cc(CN=C(N)NC2CCOc3ccccc32)cn1.I. The fraction of sp³-hybridized carbons (Fsp3) is 0.375. The van der Waals surface area contributed by atoms with E-state index in [9.17, 15) is 0 Å². The van der Waals surface area contributed by atoms with Crippen molar-refractivity contribution in [2.75, 3.05) is 6.61 Å². The first-order valence-corrected chi connectivity index (χ1v) is 7.55. The number of hydrogen-bond acceptors (Lipinski definition) is 3. The summed E-state index contributed by atoms with van der Waals surface area (Å²) in [5, 5.41) is 7.51. The zero-order valence-electron chi connectivity index (χ0n) is 13.1. The Labute approximate surface area is 153 Å². The fourth-order valence-corrected chi connectivity index (χ4v) is 2.55. The molecule has 2 heterocycles. The second kappa shape index (κ2) is 8.19. The molecule has 1 atom stereocenters. The van der Waals surface area contributed by atoms with Crippen LogP contribution in [0.3, 0.4) is 0 Å². The van der Waals surface area contributed by atoms with Crippen molar-refractivity contribution in [3.8, 4) is 5.75 Å². The van der Waals surface area contributed by atoms with Crippen LogP contribution >= 0.6 is 24.0 Å². The van der Waals surface area contributed by atoms with E-state index in [1.54, 1.807) is 0 Å². The van der Waals surface area contributed by atoms with Crippen molar-refractivity contribution in [3.05, 3.63) is 47.8 Å². The molecule has 0 saturated carbocycles. The number of ether oxygens (including phenoxy) is 1. The summed E-state index contributed by atoms with van der Waals surface area (Å²) in [4.78, 5) is 4.40. The van der Waals surface area contributed by atoms with Crippen LogP contribution in [0.25, 0.3) is 0 Å². The molecule has 1 unspecified atom stereocenters. The third-order valence-electron chi connectivity index (χ3n) is 3.72. The van der Waals surface area contributed by atoms with Gasteiger partial charge in [0.2, 0.25) is 0 Å². The molecule has 23 heavy (non-hydrogen) atoms. The summed E-state index contributed by atoms with van der Waals surface area (Å²) in [5.74, 6) is 1.37. The number of halogens is 1. The van der Waals surface area contributed by atoms with Crippen LogP contribution in [0, 0.1) is 0 Å². The van der Waals surface area contributed by atoms with E-state index in [4.69, 9.17) is 10.5 Å². The van der Waals surface area contributed by atoms with E-state index in [-0.39, 0.29) is 30.0 Å². The second-order valence-corrected chi connectivity index (χ2v) is 5.28. The van der Waals surface area contributed by atoms with Gasteiger partial charge in [-0.25, -0.2) is 4.99 Å². The second-order valence-electron chi connectivity index (χ2n) is 5.28. The topological polar surface area (TPSA) is 77.5 Å². The van der Waals surface area contributed by atoms with Gasteiger partial charge in [-0.05, 0) is 13.0 Å². The lowest BCUT2D eigenvalue weighted by Crippen LogP contribution is -2.37. The van der Waals surface area contributed by atoms with Gasteiger partial charge in [0.25, 0.3) is 0 Å². The van der Waals surface area contributed by atoms with Crippen LogP contribution in [0.1, 0.15) is 30.5 Å². The summed E-state index contributed by atoms with van der Waals surface area (Å²) < 4.78 is 7.53. The molecular weight excluding hydrogens is 405 g/mol. The molecule has 0 bridgehead atoms. The Kier molecular flexibility index (Phi) is 6.26. The molecule has 0 radical (unpaired) electrons. The molecule has 0 fully saturated rings. The van der Waals surface area contributed by atoms with Gasteiger partial charge in [-0.1, -0.05) is 18.2 Å². The van der Waals surface area contributed by atoms with E-state index >= 15 is 0 Å². The van der Waals surface area contributed by atoms with Gasteiger partial charge in [0.15, 0.2) is 5.96 Å². The van der Waals surface area contributed by atoms with Crippen molar-refractivity contribution in [2.45, 2.75) is 32.5 Å². The molecule has 2 aromatic rings. The van der Waals surface area contributed by atoms with Gasteiger partial charge in [0.1, 0.15) is 5.75 Å². The Morgan fingerprint density at radius 3 is 3.09 bits per heavy atom. The molecule has 1 aromatic carbocycles. The number of aromatic nitrogens is 2. The zero-order valence-corrected chi connectivity index (χ0v) is 15.4. The van der Waals surface area contributed by atoms with Crippen LogP contribution in [-0.2, 0) is 13.1 Å². The summed E-state index contributed by atoms with van der Waals surface area (Å²) in [6, 6.07) is 8.17. The number of guanidine groups is 1. The maximum Gasteiger partial charge on any atom is 0.189 e. The maximum atomic E-state index is 6.02. The van der Waals surface area contributed by atoms with Crippen LogP contribution in [0.4, 0.5) is 0 Å². The lowest BCUT2D eigenvalue weighted by Gasteiger charge is -2.26. The first kappa shape index (κ1) is 17.6. The number of aliphatic imine (C=N–C) groups is 1. The lowest BCUT2D eigenvalue weighted by molar-refractivity contribution is 0.262. The highest BCUT2D eigenvalue weighted by molar-refractivity contribution is 14.0. The van der Waals surface area contributed by atoms with Gasteiger partial charge < -0.3 is 15.8 Å². The molecule has 0 spiro atoms. The monoisotopic (exact) mass is 427 g/mol. The molecular formula is C16H22IN5O. The number of nitrogens with one attached hydrogen (secondary N) is 1. The van der Waals surface area contributed by atoms with E-state index in [1.165, 1.54) is 0 Å². The molecule has 1 aliphatic rings. The number of rotatable bonds is 4. The molecule has 0 amide bonds. The Balaban J connectivity index is 0.00000192. The highest BCUT2D eigenvalue weighted by Crippen LogP contribution is 2.31. The van der Waals surface area contributed by atoms with Gasteiger partial charge in [0, 0.05) is 30.3 Å². The standard InChI is InChI=1S/C16H21N5O.HI/c1-2-21-11-12(10-19-21)9-18-16(17)20-14-7-8-22-15-6-4-3-5-13(14)15;/h3-6,10-11,14H,2,7-9H2,1H3,(H3,17,18,20);1H. The van der Waals surface area contributed by atoms with E-state index in [0.29, 0.717) is 19.1 Å². The predicted octanol–water partition coefficient (Wildman–Crippen LogP) is 2.45. The molecule has 6 nitrogen and oxygen atoms in total. The summed E-state index contributed by atoms with van der Waals surface area (Å²) in [7, 11) is 0. The number of hydrogen-bond donors (Lipinski definition) is 2.